The molecule has 1 unspecified atom stereocenters. The van der Waals surface area contributed by atoms with Crippen LogP contribution in [0.5, 0.6) is 0 Å². The fourth-order valence-electron chi connectivity index (χ4n) is 1.41. The predicted octanol–water partition coefficient (Wildman–Crippen LogP) is 1.50. The maximum absolute atomic E-state index is 10.8. The van der Waals surface area contributed by atoms with Gasteiger partial charge in [-0.2, -0.15) is 0 Å². The SMILES string of the molecule is O=C(O)C(=O)OC1/C=C\CCCCC1. The maximum Gasteiger partial charge on any atom is 0.417 e. The number of carboxylic acid groups (broad SMARTS) is 1. The smallest absolute Gasteiger partial charge is 0.417 e. The fraction of sp³-hybridized carbons (Fsp3) is 0.600. The summed E-state index contributed by atoms with van der Waals surface area (Å²) < 4.78 is 4.76. The van der Waals surface area contributed by atoms with E-state index in [1.54, 1.807) is 6.08 Å². The van der Waals surface area contributed by atoms with Crippen molar-refractivity contribution in [1.29, 1.82) is 0 Å². The molecule has 1 aliphatic rings. The van der Waals surface area contributed by atoms with Gasteiger partial charge in [-0.3, -0.25) is 0 Å². The Morgan fingerprint density at radius 2 is 2.07 bits per heavy atom. The van der Waals surface area contributed by atoms with Crippen molar-refractivity contribution in [3.63, 3.8) is 0 Å². The summed E-state index contributed by atoms with van der Waals surface area (Å²) in [6.07, 6.45) is 8.28. The second kappa shape index (κ2) is 5.42. The van der Waals surface area contributed by atoms with Gasteiger partial charge in [0.05, 0.1) is 0 Å². The van der Waals surface area contributed by atoms with Crippen LogP contribution in [0.1, 0.15) is 32.1 Å². The molecule has 78 valence electrons. The molecule has 0 heterocycles. The minimum Gasteiger partial charge on any atom is -0.473 e. The van der Waals surface area contributed by atoms with Gasteiger partial charge in [0.25, 0.3) is 0 Å². The first-order valence-corrected chi connectivity index (χ1v) is 4.80. The molecule has 0 saturated heterocycles. The maximum atomic E-state index is 10.8. The molecular weight excluding hydrogens is 184 g/mol. The van der Waals surface area contributed by atoms with E-state index in [9.17, 15) is 9.59 Å². The summed E-state index contributed by atoms with van der Waals surface area (Å²) in [5.41, 5.74) is 0. The van der Waals surface area contributed by atoms with Crippen LogP contribution in [0.2, 0.25) is 0 Å². The Hall–Kier alpha value is -1.32. The summed E-state index contributed by atoms with van der Waals surface area (Å²) >= 11 is 0. The van der Waals surface area contributed by atoms with E-state index in [0.29, 0.717) is 0 Å². The Bertz CT molecular complexity index is 245. The number of esters is 1. The summed E-state index contributed by atoms with van der Waals surface area (Å²) in [6, 6.07) is 0. The lowest BCUT2D eigenvalue weighted by atomic mass is 10.0. The van der Waals surface area contributed by atoms with Crippen molar-refractivity contribution < 1.29 is 19.4 Å². The third-order valence-corrected chi connectivity index (χ3v) is 2.14. The Balaban J connectivity index is 2.44. The van der Waals surface area contributed by atoms with E-state index >= 15 is 0 Å². The van der Waals surface area contributed by atoms with E-state index in [1.165, 1.54) is 0 Å². The molecule has 0 aromatic heterocycles. The van der Waals surface area contributed by atoms with E-state index in [4.69, 9.17) is 9.84 Å². The van der Waals surface area contributed by atoms with E-state index in [2.05, 4.69) is 0 Å². The van der Waals surface area contributed by atoms with E-state index in [1.807, 2.05) is 6.08 Å². The molecule has 1 rings (SSSR count). The lowest BCUT2D eigenvalue weighted by Crippen LogP contribution is -2.23. The number of ether oxygens (including phenoxy) is 1. The summed E-state index contributed by atoms with van der Waals surface area (Å²) in [5, 5.41) is 8.34. The molecular formula is C10H14O4. The number of carbonyl (C=O) groups is 2. The van der Waals surface area contributed by atoms with Crippen LogP contribution in [-0.4, -0.2) is 23.1 Å². The van der Waals surface area contributed by atoms with E-state index in [-0.39, 0.29) is 6.10 Å². The zero-order chi connectivity index (χ0) is 10.4. The quantitative estimate of drug-likeness (QED) is 0.394. The van der Waals surface area contributed by atoms with Crippen LogP contribution >= 0.6 is 0 Å². The van der Waals surface area contributed by atoms with Crippen LogP contribution < -0.4 is 0 Å². The predicted molar refractivity (Wildman–Crippen MR) is 49.7 cm³/mol. The monoisotopic (exact) mass is 198 g/mol. The van der Waals surface area contributed by atoms with Crippen LogP contribution in [0.3, 0.4) is 0 Å². The van der Waals surface area contributed by atoms with E-state index in [0.717, 1.165) is 32.1 Å². The van der Waals surface area contributed by atoms with Crippen molar-refractivity contribution in [2.45, 2.75) is 38.2 Å². The van der Waals surface area contributed by atoms with Crippen LogP contribution in [0.25, 0.3) is 0 Å². The molecule has 0 saturated carbocycles. The molecule has 1 N–H and O–H groups in total. The highest BCUT2D eigenvalue weighted by molar-refractivity contribution is 6.28. The average Bonchev–Trinajstić information content (AvgIpc) is 2.08. The normalized spacial score (nSPS) is 24.4. The van der Waals surface area contributed by atoms with Crippen molar-refractivity contribution in [2.75, 3.05) is 0 Å². The first-order valence-electron chi connectivity index (χ1n) is 4.80. The zero-order valence-electron chi connectivity index (χ0n) is 7.94. The van der Waals surface area contributed by atoms with Crippen molar-refractivity contribution in [1.82, 2.24) is 0 Å². The minimum atomic E-state index is -1.53. The molecule has 0 spiro atoms. The molecule has 1 aliphatic carbocycles. The molecule has 0 bridgehead atoms. The number of allylic oxidation sites excluding steroid dienone is 1. The topological polar surface area (TPSA) is 63.6 Å². The molecule has 0 fully saturated rings. The van der Waals surface area contributed by atoms with Gasteiger partial charge in [-0.1, -0.05) is 12.5 Å². The van der Waals surface area contributed by atoms with Crippen molar-refractivity contribution >= 4 is 11.9 Å². The largest absolute Gasteiger partial charge is 0.473 e. The highest BCUT2D eigenvalue weighted by Crippen LogP contribution is 2.14. The molecule has 1 atom stereocenters. The second-order valence-corrected chi connectivity index (χ2v) is 3.32. The summed E-state index contributed by atoms with van der Waals surface area (Å²) in [5.74, 6) is -2.69. The number of carbonyl (C=O) groups excluding carboxylic acids is 1. The first-order chi connectivity index (χ1) is 6.70. The molecule has 0 aliphatic heterocycles. The molecule has 0 radical (unpaired) electrons. The third-order valence-electron chi connectivity index (χ3n) is 2.14. The zero-order valence-corrected chi connectivity index (χ0v) is 7.94. The number of rotatable bonds is 1. The van der Waals surface area contributed by atoms with Gasteiger partial charge in [-0.25, -0.2) is 9.59 Å². The molecule has 14 heavy (non-hydrogen) atoms. The Labute approximate surface area is 82.6 Å². The average molecular weight is 198 g/mol. The highest BCUT2D eigenvalue weighted by atomic mass is 16.6. The van der Waals surface area contributed by atoms with Gasteiger partial charge >= 0.3 is 11.9 Å². The second-order valence-electron chi connectivity index (χ2n) is 3.32. The molecule has 0 amide bonds. The fourth-order valence-corrected chi connectivity index (χ4v) is 1.41. The number of carboxylic acids is 1. The first kappa shape index (κ1) is 10.8. The van der Waals surface area contributed by atoms with Crippen LogP contribution in [0.15, 0.2) is 12.2 Å². The van der Waals surface area contributed by atoms with E-state index < -0.39 is 11.9 Å². The Kier molecular flexibility index (Phi) is 4.16. The van der Waals surface area contributed by atoms with Crippen LogP contribution in [0, 0.1) is 0 Å². The van der Waals surface area contributed by atoms with Crippen molar-refractivity contribution in [3.05, 3.63) is 12.2 Å². The van der Waals surface area contributed by atoms with Gasteiger partial charge < -0.3 is 9.84 Å². The van der Waals surface area contributed by atoms with Gasteiger partial charge in [0.2, 0.25) is 0 Å². The summed E-state index contributed by atoms with van der Waals surface area (Å²) in [7, 11) is 0. The lowest BCUT2D eigenvalue weighted by molar-refractivity contribution is -0.166. The summed E-state index contributed by atoms with van der Waals surface area (Å²) in [6.45, 7) is 0. The molecule has 0 aromatic carbocycles. The highest BCUT2D eigenvalue weighted by Gasteiger charge is 2.18. The number of aliphatic carboxylic acids is 1. The van der Waals surface area contributed by atoms with Gasteiger partial charge in [-0.15, -0.1) is 0 Å². The van der Waals surface area contributed by atoms with Crippen molar-refractivity contribution in [2.24, 2.45) is 0 Å². The molecule has 4 nitrogen and oxygen atoms in total. The number of hydrogen-bond donors (Lipinski definition) is 1. The minimum absolute atomic E-state index is 0.362. The van der Waals surface area contributed by atoms with Crippen LogP contribution in [0.4, 0.5) is 0 Å². The van der Waals surface area contributed by atoms with Crippen LogP contribution in [-0.2, 0) is 14.3 Å². The Morgan fingerprint density at radius 1 is 1.29 bits per heavy atom. The summed E-state index contributed by atoms with van der Waals surface area (Å²) in [4.78, 5) is 21.0. The molecule has 4 heteroatoms. The Morgan fingerprint density at radius 3 is 2.79 bits per heavy atom. The third kappa shape index (κ3) is 3.60. The van der Waals surface area contributed by atoms with Gasteiger partial charge in [-0.05, 0) is 31.8 Å². The van der Waals surface area contributed by atoms with Gasteiger partial charge in [0.15, 0.2) is 0 Å². The lowest BCUT2D eigenvalue weighted by Gasteiger charge is -2.14. The number of hydrogen-bond acceptors (Lipinski definition) is 3. The van der Waals surface area contributed by atoms with Gasteiger partial charge in [0, 0.05) is 0 Å². The van der Waals surface area contributed by atoms with Gasteiger partial charge in [0.1, 0.15) is 6.10 Å². The van der Waals surface area contributed by atoms with Crippen molar-refractivity contribution in [3.8, 4) is 0 Å². The standard InChI is InChI=1S/C10H14O4/c11-9(12)10(13)14-8-6-4-2-1-3-5-7-8/h4,6,8H,1-3,5,7H2,(H,11,12)/b6-4-. The molecule has 0 aromatic rings.